The van der Waals surface area contributed by atoms with Crippen LogP contribution in [0, 0.1) is 0 Å². The lowest BCUT2D eigenvalue weighted by atomic mass is 10.1. The number of rotatable bonds is 3. The number of H-pyrrole nitrogens is 1. The number of hydrogen-bond donors (Lipinski definition) is 3. The molecule has 3 N–H and O–H groups in total. The molecule has 1 aliphatic heterocycles. The Balaban J connectivity index is 1.77. The van der Waals surface area contributed by atoms with Gasteiger partial charge in [-0.2, -0.15) is 5.10 Å². The summed E-state index contributed by atoms with van der Waals surface area (Å²) in [5, 5.41) is 13.1. The normalized spacial score (nSPS) is 13.3. The quantitative estimate of drug-likeness (QED) is 0.585. The summed E-state index contributed by atoms with van der Waals surface area (Å²) in [4.78, 5) is 23.3. The van der Waals surface area contributed by atoms with Crippen LogP contribution in [0.1, 0.15) is 28.5 Å². The highest BCUT2D eigenvalue weighted by molar-refractivity contribution is 6.04. The Morgan fingerprint density at radius 2 is 2.23 bits per heavy atom. The van der Waals surface area contributed by atoms with Crippen LogP contribution < -0.4 is 15.4 Å². The van der Waals surface area contributed by atoms with E-state index in [1.165, 1.54) is 13.0 Å². The number of aromatic nitrogens is 2. The molecular formula is C15H16N4O3. The molecule has 1 aromatic carbocycles. The van der Waals surface area contributed by atoms with Crippen molar-refractivity contribution in [3.63, 3.8) is 0 Å². The van der Waals surface area contributed by atoms with Crippen LogP contribution in [0.3, 0.4) is 0 Å². The zero-order chi connectivity index (χ0) is 15.5. The van der Waals surface area contributed by atoms with Gasteiger partial charge in [0.2, 0.25) is 0 Å². The lowest BCUT2D eigenvalue weighted by Crippen LogP contribution is -2.24. The van der Waals surface area contributed by atoms with Gasteiger partial charge in [-0.25, -0.2) is 0 Å². The summed E-state index contributed by atoms with van der Waals surface area (Å²) in [5.41, 5.74) is 2.43. The van der Waals surface area contributed by atoms with Gasteiger partial charge in [0.25, 0.3) is 5.91 Å². The fraction of sp³-hybridized carbons (Fsp3) is 0.267. The number of esters is 1. The fourth-order valence-corrected chi connectivity index (χ4v) is 2.38. The molecule has 0 fully saturated rings. The van der Waals surface area contributed by atoms with E-state index in [2.05, 4.69) is 20.8 Å². The highest BCUT2D eigenvalue weighted by atomic mass is 16.5. The molecule has 1 amide bonds. The molecule has 0 saturated heterocycles. The Labute approximate surface area is 127 Å². The molecule has 22 heavy (non-hydrogen) atoms. The van der Waals surface area contributed by atoms with E-state index in [0.717, 1.165) is 24.2 Å². The van der Waals surface area contributed by atoms with Crippen molar-refractivity contribution in [3.8, 4) is 5.75 Å². The van der Waals surface area contributed by atoms with E-state index in [1.807, 2.05) is 0 Å². The van der Waals surface area contributed by atoms with Gasteiger partial charge in [0.15, 0.2) is 5.82 Å². The standard InChI is InChI=1S/C15H16N4O3/c1-9(20)22-11-4-2-3-10(7-11)15(21)17-14-12-8-16-6-5-13(12)18-19-14/h2-4,7,16H,5-6,8H2,1H3,(H2,17,18,19,21). The molecule has 0 aliphatic carbocycles. The molecule has 0 bridgehead atoms. The molecule has 0 saturated carbocycles. The van der Waals surface area contributed by atoms with Gasteiger partial charge in [-0.3, -0.25) is 14.7 Å². The summed E-state index contributed by atoms with van der Waals surface area (Å²) in [6, 6.07) is 6.46. The molecule has 0 radical (unpaired) electrons. The highest BCUT2D eigenvalue weighted by Gasteiger charge is 2.18. The van der Waals surface area contributed by atoms with Crippen molar-refractivity contribution in [2.24, 2.45) is 0 Å². The first-order valence-electron chi connectivity index (χ1n) is 7.00. The Morgan fingerprint density at radius 3 is 3.05 bits per heavy atom. The smallest absolute Gasteiger partial charge is 0.308 e. The second-order valence-corrected chi connectivity index (χ2v) is 5.03. The van der Waals surface area contributed by atoms with Gasteiger partial charge in [0.05, 0.1) is 0 Å². The maximum absolute atomic E-state index is 12.3. The number of nitrogens with zero attached hydrogens (tertiary/aromatic N) is 1. The van der Waals surface area contributed by atoms with Crippen LogP contribution in [0.5, 0.6) is 5.75 Å². The number of fused-ring (bicyclic) bond motifs is 1. The minimum absolute atomic E-state index is 0.297. The molecule has 0 spiro atoms. The zero-order valence-corrected chi connectivity index (χ0v) is 12.1. The van der Waals surface area contributed by atoms with E-state index >= 15 is 0 Å². The molecule has 1 aromatic heterocycles. The average molecular weight is 300 g/mol. The summed E-state index contributed by atoms with van der Waals surface area (Å²) in [5.74, 6) is 0.148. The van der Waals surface area contributed by atoms with E-state index in [-0.39, 0.29) is 5.91 Å². The van der Waals surface area contributed by atoms with Gasteiger partial charge < -0.3 is 15.4 Å². The molecule has 0 unspecified atom stereocenters. The number of carbonyl (C=O) groups excluding carboxylic acids is 2. The monoisotopic (exact) mass is 300 g/mol. The number of benzene rings is 1. The van der Waals surface area contributed by atoms with Gasteiger partial charge in [-0.1, -0.05) is 6.07 Å². The van der Waals surface area contributed by atoms with Crippen molar-refractivity contribution in [2.75, 3.05) is 11.9 Å². The number of nitrogens with one attached hydrogen (secondary N) is 3. The van der Waals surface area contributed by atoms with E-state index < -0.39 is 5.97 Å². The summed E-state index contributed by atoms with van der Waals surface area (Å²) >= 11 is 0. The Morgan fingerprint density at radius 1 is 1.36 bits per heavy atom. The maximum atomic E-state index is 12.3. The Hall–Kier alpha value is -2.67. The highest BCUT2D eigenvalue weighted by Crippen LogP contribution is 2.21. The van der Waals surface area contributed by atoms with E-state index in [0.29, 0.717) is 23.7 Å². The van der Waals surface area contributed by atoms with Crippen LogP contribution >= 0.6 is 0 Å². The van der Waals surface area contributed by atoms with Gasteiger partial charge in [-0.15, -0.1) is 0 Å². The molecule has 7 heteroatoms. The third-order valence-corrected chi connectivity index (χ3v) is 3.40. The predicted molar refractivity (Wildman–Crippen MR) is 79.7 cm³/mol. The number of aromatic amines is 1. The minimum Gasteiger partial charge on any atom is -0.427 e. The molecule has 114 valence electrons. The first kappa shape index (κ1) is 14.3. The summed E-state index contributed by atoms with van der Waals surface area (Å²) in [6.45, 7) is 2.89. The van der Waals surface area contributed by atoms with E-state index in [1.54, 1.807) is 18.2 Å². The molecule has 0 atom stereocenters. The van der Waals surface area contributed by atoms with Crippen molar-refractivity contribution in [2.45, 2.75) is 19.9 Å². The first-order valence-corrected chi connectivity index (χ1v) is 7.00. The van der Waals surface area contributed by atoms with Crippen LogP contribution in [0.25, 0.3) is 0 Å². The molecule has 7 nitrogen and oxygen atoms in total. The summed E-state index contributed by atoms with van der Waals surface area (Å²) in [7, 11) is 0. The molecule has 1 aliphatic rings. The van der Waals surface area contributed by atoms with Crippen molar-refractivity contribution in [1.29, 1.82) is 0 Å². The number of carbonyl (C=O) groups is 2. The van der Waals surface area contributed by atoms with Crippen molar-refractivity contribution >= 4 is 17.7 Å². The van der Waals surface area contributed by atoms with Crippen LogP contribution in [-0.4, -0.2) is 28.6 Å². The van der Waals surface area contributed by atoms with E-state index in [9.17, 15) is 9.59 Å². The molecule has 3 rings (SSSR count). The van der Waals surface area contributed by atoms with Crippen LogP contribution in [0.15, 0.2) is 24.3 Å². The SMILES string of the molecule is CC(=O)Oc1cccc(C(=O)Nc2n[nH]c3c2CNCC3)c1. The van der Waals surface area contributed by atoms with Crippen LogP contribution in [-0.2, 0) is 17.8 Å². The van der Waals surface area contributed by atoms with Gasteiger partial charge in [0.1, 0.15) is 5.75 Å². The lowest BCUT2D eigenvalue weighted by Gasteiger charge is -2.13. The van der Waals surface area contributed by atoms with Gasteiger partial charge in [-0.05, 0) is 18.2 Å². The third-order valence-electron chi connectivity index (χ3n) is 3.40. The zero-order valence-electron chi connectivity index (χ0n) is 12.1. The minimum atomic E-state index is -0.426. The number of anilines is 1. The van der Waals surface area contributed by atoms with E-state index in [4.69, 9.17) is 4.74 Å². The van der Waals surface area contributed by atoms with Crippen LogP contribution in [0.4, 0.5) is 5.82 Å². The number of hydrogen-bond acceptors (Lipinski definition) is 5. The second-order valence-electron chi connectivity index (χ2n) is 5.03. The number of amides is 1. The topological polar surface area (TPSA) is 96.1 Å². The Kier molecular flexibility index (Phi) is 3.88. The predicted octanol–water partition coefficient (Wildman–Crippen LogP) is 1.23. The Bertz CT molecular complexity index is 723. The summed E-state index contributed by atoms with van der Waals surface area (Å²) < 4.78 is 4.98. The first-order chi connectivity index (χ1) is 10.6. The molecular weight excluding hydrogens is 284 g/mol. The van der Waals surface area contributed by atoms with Crippen molar-refractivity contribution in [3.05, 3.63) is 41.1 Å². The number of ether oxygens (including phenoxy) is 1. The van der Waals surface area contributed by atoms with Gasteiger partial charge >= 0.3 is 5.97 Å². The fourth-order valence-electron chi connectivity index (χ4n) is 2.38. The third kappa shape index (κ3) is 2.99. The van der Waals surface area contributed by atoms with Crippen molar-refractivity contribution in [1.82, 2.24) is 15.5 Å². The lowest BCUT2D eigenvalue weighted by molar-refractivity contribution is -0.131. The molecule has 2 aromatic rings. The largest absolute Gasteiger partial charge is 0.427 e. The van der Waals surface area contributed by atoms with Crippen molar-refractivity contribution < 1.29 is 14.3 Å². The molecule has 2 heterocycles. The summed E-state index contributed by atoms with van der Waals surface area (Å²) in [6.07, 6.45) is 0.861. The second kappa shape index (κ2) is 5.98. The maximum Gasteiger partial charge on any atom is 0.308 e. The van der Waals surface area contributed by atoms with Crippen LogP contribution in [0.2, 0.25) is 0 Å². The average Bonchev–Trinajstić information content (AvgIpc) is 2.90. The van der Waals surface area contributed by atoms with Gasteiger partial charge in [0, 0.05) is 43.3 Å².